The highest BCUT2D eigenvalue weighted by molar-refractivity contribution is 8.00. The zero-order chi connectivity index (χ0) is 19.7. The zero-order valence-electron chi connectivity index (χ0n) is 14.1. The van der Waals surface area contributed by atoms with Crippen molar-refractivity contribution in [2.24, 2.45) is 0 Å². The van der Waals surface area contributed by atoms with E-state index in [9.17, 15) is 18.0 Å². The summed E-state index contributed by atoms with van der Waals surface area (Å²) >= 11 is 2.34. The third kappa shape index (κ3) is 4.12. The van der Waals surface area contributed by atoms with E-state index in [0.717, 1.165) is 33.1 Å². The fourth-order valence-corrected chi connectivity index (χ4v) is 4.52. The maximum absolute atomic E-state index is 12.3. The van der Waals surface area contributed by atoms with Gasteiger partial charge in [0.2, 0.25) is 5.13 Å². The standard InChI is InChI=1S/C18H12F3N3O2S2/c19-18(20,21)9-22-16-23-24-17(28-16)27-8-11-7-14(25)26-13-6-5-10-3-1-2-4-12(10)15(11)13/h1-7H,8-9H2,(H,22,23). The van der Waals surface area contributed by atoms with Crippen LogP contribution in [0.5, 0.6) is 0 Å². The quantitative estimate of drug-likeness (QED) is 0.275. The lowest BCUT2D eigenvalue weighted by atomic mass is 10.0. The lowest BCUT2D eigenvalue weighted by Gasteiger charge is -2.07. The highest BCUT2D eigenvalue weighted by atomic mass is 32.2. The van der Waals surface area contributed by atoms with Gasteiger partial charge in [0.25, 0.3) is 0 Å². The number of fused-ring (bicyclic) bond motifs is 3. The summed E-state index contributed by atoms with van der Waals surface area (Å²) in [5, 5.41) is 12.7. The van der Waals surface area contributed by atoms with Gasteiger partial charge in [0, 0.05) is 17.2 Å². The van der Waals surface area contributed by atoms with Crippen molar-refractivity contribution < 1.29 is 17.6 Å². The van der Waals surface area contributed by atoms with Crippen molar-refractivity contribution in [3.05, 3.63) is 58.4 Å². The van der Waals surface area contributed by atoms with Crippen molar-refractivity contribution in [3.63, 3.8) is 0 Å². The topological polar surface area (TPSA) is 68.0 Å². The molecule has 4 rings (SSSR count). The van der Waals surface area contributed by atoms with Gasteiger partial charge in [-0.3, -0.25) is 0 Å². The molecule has 0 amide bonds. The average Bonchev–Trinajstić information content (AvgIpc) is 3.11. The van der Waals surface area contributed by atoms with E-state index >= 15 is 0 Å². The highest BCUT2D eigenvalue weighted by Gasteiger charge is 2.27. The van der Waals surface area contributed by atoms with Gasteiger partial charge in [0.05, 0.1) is 0 Å². The van der Waals surface area contributed by atoms with Crippen LogP contribution in [-0.4, -0.2) is 22.9 Å². The first-order valence-corrected chi connectivity index (χ1v) is 9.91. The van der Waals surface area contributed by atoms with E-state index in [0.29, 0.717) is 15.7 Å². The Morgan fingerprint density at radius 2 is 1.96 bits per heavy atom. The molecule has 5 nitrogen and oxygen atoms in total. The first-order valence-electron chi connectivity index (χ1n) is 8.10. The Morgan fingerprint density at radius 1 is 1.14 bits per heavy atom. The molecule has 0 unspecified atom stereocenters. The minimum atomic E-state index is -4.32. The smallest absolute Gasteiger partial charge is 0.405 e. The van der Waals surface area contributed by atoms with Crippen molar-refractivity contribution in [2.75, 3.05) is 11.9 Å². The minimum Gasteiger partial charge on any atom is -0.423 e. The van der Waals surface area contributed by atoms with Gasteiger partial charge in [0.1, 0.15) is 12.1 Å². The molecular weight excluding hydrogens is 411 g/mol. The summed E-state index contributed by atoms with van der Waals surface area (Å²) in [5.41, 5.74) is 0.808. The molecule has 2 heterocycles. The molecule has 0 radical (unpaired) electrons. The van der Waals surface area contributed by atoms with Crippen molar-refractivity contribution in [3.8, 4) is 0 Å². The SMILES string of the molecule is O=c1cc(CSc2nnc(NCC(F)(F)F)s2)c2c(ccc3ccccc32)o1. The number of nitrogens with zero attached hydrogens (tertiary/aromatic N) is 2. The van der Waals surface area contributed by atoms with E-state index in [4.69, 9.17) is 4.42 Å². The summed E-state index contributed by atoms with van der Waals surface area (Å²) in [6.45, 7) is -1.16. The number of nitrogens with one attached hydrogen (secondary N) is 1. The Labute approximate surface area is 164 Å². The fourth-order valence-electron chi connectivity index (χ4n) is 2.79. The lowest BCUT2D eigenvalue weighted by Crippen LogP contribution is -2.21. The van der Waals surface area contributed by atoms with E-state index in [2.05, 4.69) is 15.5 Å². The number of hydrogen-bond donors (Lipinski definition) is 1. The van der Waals surface area contributed by atoms with E-state index in [1.807, 2.05) is 30.3 Å². The molecule has 0 atom stereocenters. The summed E-state index contributed by atoms with van der Waals surface area (Å²) in [6.07, 6.45) is -4.32. The minimum absolute atomic E-state index is 0.0997. The van der Waals surface area contributed by atoms with Crippen LogP contribution < -0.4 is 10.9 Å². The van der Waals surface area contributed by atoms with Crippen LogP contribution in [0.3, 0.4) is 0 Å². The second-order valence-corrected chi connectivity index (χ2v) is 8.08. The lowest BCUT2D eigenvalue weighted by molar-refractivity contribution is -0.115. The molecule has 2 aromatic heterocycles. The Balaban J connectivity index is 1.61. The van der Waals surface area contributed by atoms with Crippen LogP contribution in [0.25, 0.3) is 21.7 Å². The third-order valence-corrected chi connectivity index (χ3v) is 5.98. The number of benzene rings is 2. The Bertz CT molecular complexity index is 1200. The number of alkyl halides is 3. The van der Waals surface area contributed by atoms with E-state index in [-0.39, 0.29) is 5.13 Å². The Morgan fingerprint density at radius 3 is 2.79 bits per heavy atom. The van der Waals surface area contributed by atoms with Crippen molar-refractivity contribution >= 4 is 50.0 Å². The highest BCUT2D eigenvalue weighted by Crippen LogP contribution is 2.33. The van der Waals surface area contributed by atoms with Gasteiger partial charge >= 0.3 is 11.8 Å². The number of thioether (sulfide) groups is 1. The van der Waals surface area contributed by atoms with Gasteiger partial charge in [-0.15, -0.1) is 10.2 Å². The molecule has 0 bridgehead atoms. The maximum Gasteiger partial charge on any atom is 0.405 e. The van der Waals surface area contributed by atoms with Crippen LogP contribution >= 0.6 is 23.1 Å². The van der Waals surface area contributed by atoms with Crippen LogP contribution in [0, 0.1) is 0 Å². The summed E-state index contributed by atoms with van der Waals surface area (Å²) < 4.78 is 42.7. The van der Waals surface area contributed by atoms with Crippen LogP contribution in [0.2, 0.25) is 0 Å². The van der Waals surface area contributed by atoms with Crippen LogP contribution in [-0.2, 0) is 5.75 Å². The molecule has 0 spiro atoms. The average molecular weight is 423 g/mol. The molecule has 2 aromatic carbocycles. The molecular formula is C18H12F3N3O2S2. The molecule has 0 saturated carbocycles. The molecule has 144 valence electrons. The number of rotatable bonds is 5. The summed E-state index contributed by atoms with van der Waals surface area (Å²) in [4.78, 5) is 11.9. The van der Waals surface area contributed by atoms with Gasteiger partial charge in [-0.05, 0) is 22.4 Å². The number of anilines is 1. The molecule has 28 heavy (non-hydrogen) atoms. The Hall–Kier alpha value is -2.59. The molecule has 0 aliphatic carbocycles. The van der Waals surface area contributed by atoms with Crippen molar-refractivity contribution in [1.29, 1.82) is 0 Å². The summed E-state index contributed by atoms with van der Waals surface area (Å²) in [5.74, 6) is 0.407. The first kappa shape index (κ1) is 18.8. The molecule has 4 aromatic rings. The fraction of sp³-hybridized carbons (Fsp3) is 0.167. The predicted octanol–water partition coefficient (Wildman–Crippen LogP) is 5.06. The normalized spacial score (nSPS) is 12.0. The summed E-state index contributed by atoms with van der Waals surface area (Å²) in [7, 11) is 0. The number of hydrogen-bond acceptors (Lipinski definition) is 7. The maximum atomic E-state index is 12.3. The largest absolute Gasteiger partial charge is 0.423 e. The monoisotopic (exact) mass is 423 g/mol. The third-order valence-electron chi connectivity index (χ3n) is 3.91. The second kappa shape index (κ2) is 7.44. The van der Waals surface area contributed by atoms with Gasteiger partial charge in [-0.25, -0.2) is 4.79 Å². The van der Waals surface area contributed by atoms with Gasteiger partial charge < -0.3 is 9.73 Å². The zero-order valence-corrected chi connectivity index (χ0v) is 15.7. The van der Waals surface area contributed by atoms with E-state index in [1.54, 1.807) is 6.07 Å². The second-order valence-electron chi connectivity index (χ2n) is 5.88. The van der Waals surface area contributed by atoms with Crippen molar-refractivity contribution in [2.45, 2.75) is 16.3 Å². The first-order chi connectivity index (χ1) is 13.4. The molecule has 0 fully saturated rings. The summed E-state index contributed by atoms with van der Waals surface area (Å²) in [6, 6.07) is 12.9. The van der Waals surface area contributed by atoms with Crippen LogP contribution in [0.1, 0.15) is 5.56 Å². The molecule has 0 saturated heterocycles. The number of halogens is 3. The molecule has 0 aliphatic heterocycles. The predicted molar refractivity (Wildman–Crippen MR) is 104 cm³/mol. The van der Waals surface area contributed by atoms with Gasteiger partial charge in [-0.2, -0.15) is 13.2 Å². The molecule has 10 heteroatoms. The van der Waals surface area contributed by atoms with Gasteiger partial charge in [0.15, 0.2) is 4.34 Å². The van der Waals surface area contributed by atoms with Crippen LogP contribution in [0.4, 0.5) is 18.3 Å². The Kier molecular flexibility index (Phi) is 4.98. The van der Waals surface area contributed by atoms with Crippen LogP contribution in [0.15, 0.2) is 56.0 Å². The molecule has 0 aliphatic rings. The number of aromatic nitrogens is 2. The van der Waals surface area contributed by atoms with Crippen molar-refractivity contribution in [1.82, 2.24) is 10.2 Å². The molecule has 1 N–H and O–H groups in total. The van der Waals surface area contributed by atoms with E-state index in [1.165, 1.54) is 17.8 Å². The van der Waals surface area contributed by atoms with E-state index < -0.39 is 18.3 Å². The van der Waals surface area contributed by atoms with Gasteiger partial charge in [-0.1, -0.05) is 53.4 Å².